The Morgan fingerprint density at radius 1 is 1.39 bits per heavy atom. The molecule has 104 valence electrons. The maximum atomic E-state index is 5.97. The fourth-order valence-corrected chi connectivity index (χ4v) is 2.29. The zero-order chi connectivity index (χ0) is 13.6. The lowest BCUT2D eigenvalue weighted by molar-refractivity contribution is 0.101. The van der Waals surface area contributed by atoms with E-state index in [0.29, 0.717) is 6.54 Å². The number of hydrogen-bond donors (Lipinski definition) is 1. The van der Waals surface area contributed by atoms with Gasteiger partial charge in [0.15, 0.2) is 0 Å². The lowest BCUT2D eigenvalue weighted by Crippen LogP contribution is -2.52. The van der Waals surface area contributed by atoms with E-state index < -0.39 is 0 Å². The summed E-state index contributed by atoms with van der Waals surface area (Å²) in [5, 5.41) is 0. The fraction of sp³-hybridized carbons (Fsp3) is 0.786. The van der Waals surface area contributed by atoms with Gasteiger partial charge in [-0.25, -0.2) is 4.98 Å². The van der Waals surface area contributed by atoms with Crippen molar-refractivity contribution in [3.05, 3.63) is 18.2 Å². The molecule has 0 amide bonds. The highest BCUT2D eigenvalue weighted by molar-refractivity contribution is 4.90. The first-order valence-electron chi connectivity index (χ1n) is 7.00. The van der Waals surface area contributed by atoms with Gasteiger partial charge in [0.2, 0.25) is 0 Å². The smallest absolute Gasteiger partial charge is 0.105 e. The number of imidazole rings is 1. The summed E-state index contributed by atoms with van der Waals surface area (Å²) in [5.41, 5.74) is 6.08. The molecular formula is C14H28N4. The lowest BCUT2D eigenvalue weighted by atomic mass is 9.96. The molecule has 18 heavy (non-hydrogen) atoms. The molecule has 0 aliphatic carbocycles. The van der Waals surface area contributed by atoms with Gasteiger partial charge in [0.1, 0.15) is 5.82 Å². The van der Waals surface area contributed by atoms with Crippen LogP contribution in [0.25, 0.3) is 0 Å². The Hall–Kier alpha value is -0.870. The maximum Gasteiger partial charge on any atom is 0.105 e. The highest BCUT2D eigenvalue weighted by Gasteiger charge is 2.27. The van der Waals surface area contributed by atoms with E-state index in [0.717, 1.165) is 31.9 Å². The molecule has 1 rings (SSSR count). The Balaban J connectivity index is 2.66. The van der Waals surface area contributed by atoms with Crippen LogP contribution in [0.5, 0.6) is 0 Å². The topological polar surface area (TPSA) is 47.1 Å². The van der Waals surface area contributed by atoms with Crippen LogP contribution in [0.3, 0.4) is 0 Å². The summed E-state index contributed by atoms with van der Waals surface area (Å²) in [6.07, 6.45) is 6.16. The number of hydrogen-bond acceptors (Lipinski definition) is 3. The summed E-state index contributed by atoms with van der Waals surface area (Å²) >= 11 is 0. The van der Waals surface area contributed by atoms with Crippen molar-refractivity contribution in [3.8, 4) is 0 Å². The molecule has 0 radical (unpaired) electrons. The van der Waals surface area contributed by atoms with E-state index in [1.54, 1.807) is 0 Å². The van der Waals surface area contributed by atoms with E-state index in [1.807, 2.05) is 19.3 Å². The van der Waals surface area contributed by atoms with Crippen molar-refractivity contribution in [1.82, 2.24) is 14.5 Å². The molecule has 0 saturated heterocycles. The van der Waals surface area contributed by atoms with Gasteiger partial charge in [-0.15, -0.1) is 0 Å². The van der Waals surface area contributed by atoms with Crippen LogP contribution in [-0.2, 0) is 6.54 Å². The molecule has 0 saturated carbocycles. The van der Waals surface area contributed by atoms with Gasteiger partial charge in [-0.2, -0.15) is 0 Å². The molecule has 1 unspecified atom stereocenters. The minimum absolute atomic E-state index is 0.116. The van der Waals surface area contributed by atoms with Crippen LogP contribution in [0.4, 0.5) is 0 Å². The van der Waals surface area contributed by atoms with Gasteiger partial charge >= 0.3 is 0 Å². The maximum absolute atomic E-state index is 5.97. The summed E-state index contributed by atoms with van der Waals surface area (Å²) in [5.74, 6) is 1.08. The average molecular weight is 252 g/mol. The third-order valence-electron chi connectivity index (χ3n) is 3.99. The van der Waals surface area contributed by atoms with Gasteiger partial charge in [0, 0.05) is 37.6 Å². The molecule has 1 atom stereocenters. The zero-order valence-corrected chi connectivity index (χ0v) is 12.3. The number of aryl methyl sites for hydroxylation is 1. The Bertz CT molecular complexity index is 341. The van der Waals surface area contributed by atoms with Crippen molar-refractivity contribution >= 4 is 0 Å². The first-order chi connectivity index (χ1) is 8.57. The molecule has 0 fully saturated rings. The van der Waals surface area contributed by atoms with Crippen molar-refractivity contribution in [1.29, 1.82) is 0 Å². The summed E-state index contributed by atoms with van der Waals surface area (Å²) in [7, 11) is 0. The third-order valence-corrected chi connectivity index (χ3v) is 3.99. The van der Waals surface area contributed by atoms with Crippen LogP contribution >= 0.6 is 0 Å². The SMILES string of the molecule is CCCN(CCn1ccnc1C)C(C)(CC)CN. The Morgan fingerprint density at radius 2 is 2.11 bits per heavy atom. The molecule has 1 aromatic rings. The molecule has 0 aliphatic heterocycles. The third kappa shape index (κ3) is 3.56. The predicted octanol–water partition coefficient (Wildman–Crippen LogP) is 2.03. The first-order valence-corrected chi connectivity index (χ1v) is 7.00. The Labute approximate surface area is 111 Å². The first kappa shape index (κ1) is 15.2. The van der Waals surface area contributed by atoms with Gasteiger partial charge in [-0.05, 0) is 33.2 Å². The van der Waals surface area contributed by atoms with E-state index in [2.05, 4.69) is 35.2 Å². The van der Waals surface area contributed by atoms with E-state index in [-0.39, 0.29) is 5.54 Å². The molecule has 0 spiro atoms. The monoisotopic (exact) mass is 252 g/mol. The molecule has 0 aliphatic rings. The van der Waals surface area contributed by atoms with Gasteiger partial charge in [-0.3, -0.25) is 4.90 Å². The lowest BCUT2D eigenvalue weighted by Gasteiger charge is -2.40. The van der Waals surface area contributed by atoms with E-state index in [1.165, 1.54) is 6.42 Å². The Kier molecular flexibility index (Phi) is 5.82. The van der Waals surface area contributed by atoms with E-state index >= 15 is 0 Å². The molecule has 4 nitrogen and oxygen atoms in total. The summed E-state index contributed by atoms with van der Waals surface area (Å²) < 4.78 is 2.20. The quantitative estimate of drug-likeness (QED) is 0.770. The van der Waals surface area contributed by atoms with Gasteiger partial charge in [-0.1, -0.05) is 13.8 Å². The van der Waals surface area contributed by atoms with Crippen molar-refractivity contribution in [2.24, 2.45) is 5.73 Å². The molecular weight excluding hydrogens is 224 g/mol. The predicted molar refractivity (Wildman–Crippen MR) is 76.6 cm³/mol. The normalized spacial score (nSPS) is 15.0. The van der Waals surface area contributed by atoms with Crippen LogP contribution in [0.15, 0.2) is 12.4 Å². The minimum Gasteiger partial charge on any atom is -0.334 e. The van der Waals surface area contributed by atoms with Gasteiger partial charge in [0.05, 0.1) is 0 Å². The van der Waals surface area contributed by atoms with Crippen LogP contribution in [0.1, 0.15) is 39.4 Å². The highest BCUT2D eigenvalue weighted by Crippen LogP contribution is 2.18. The van der Waals surface area contributed by atoms with Crippen molar-refractivity contribution in [2.45, 2.75) is 52.6 Å². The van der Waals surface area contributed by atoms with Crippen molar-refractivity contribution < 1.29 is 0 Å². The molecule has 1 aromatic heterocycles. The molecule has 2 N–H and O–H groups in total. The minimum atomic E-state index is 0.116. The van der Waals surface area contributed by atoms with Gasteiger partial charge in [0.25, 0.3) is 0 Å². The van der Waals surface area contributed by atoms with Crippen LogP contribution in [0.2, 0.25) is 0 Å². The van der Waals surface area contributed by atoms with E-state index in [9.17, 15) is 0 Å². The largest absolute Gasteiger partial charge is 0.334 e. The van der Waals surface area contributed by atoms with Gasteiger partial charge < -0.3 is 10.3 Å². The van der Waals surface area contributed by atoms with Crippen LogP contribution < -0.4 is 5.73 Å². The Morgan fingerprint density at radius 3 is 2.56 bits per heavy atom. The van der Waals surface area contributed by atoms with E-state index in [4.69, 9.17) is 5.73 Å². The van der Waals surface area contributed by atoms with Crippen LogP contribution in [-0.4, -0.2) is 39.6 Å². The molecule has 1 heterocycles. The molecule has 0 aromatic carbocycles. The highest BCUT2D eigenvalue weighted by atomic mass is 15.2. The number of nitrogens with two attached hydrogens (primary N) is 1. The second kappa shape index (κ2) is 6.90. The summed E-state index contributed by atoms with van der Waals surface area (Å²) in [6.45, 7) is 12.6. The second-order valence-electron chi connectivity index (χ2n) is 5.21. The number of aromatic nitrogens is 2. The zero-order valence-electron chi connectivity index (χ0n) is 12.3. The average Bonchev–Trinajstić information content (AvgIpc) is 2.79. The second-order valence-corrected chi connectivity index (χ2v) is 5.21. The standard InChI is InChI=1S/C14H28N4/c1-5-8-18(14(4,6-2)12-15)11-10-17-9-7-16-13(17)3/h7,9H,5-6,8,10-12,15H2,1-4H3. The summed E-state index contributed by atoms with van der Waals surface area (Å²) in [6, 6.07) is 0. The van der Waals surface area contributed by atoms with Crippen molar-refractivity contribution in [3.63, 3.8) is 0 Å². The number of nitrogens with zero attached hydrogens (tertiary/aromatic N) is 3. The molecule has 0 bridgehead atoms. The van der Waals surface area contributed by atoms with Crippen LogP contribution in [0, 0.1) is 6.92 Å². The summed E-state index contributed by atoms with van der Waals surface area (Å²) in [4.78, 5) is 6.78. The fourth-order valence-electron chi connectivity index (χ4n) is 2.29. The molecule has 4 heteroatoms. The number of rotatable bonds is 8. The van der Waals surface area contributed by atoms with Crippen molar-refractivity contribution in [2.75, 3.05) is 19.6 Å².